The highest BCUT2D eigenvalue weighted by atomic mass is 16.1. The summed E-state index contributed by atoms with van der Waals surface area (Å²) in [6.45, 7) is 2.01. The van der Waals surface area contributed by atoms with Crippen LogP contribution in [-0.4, -0.2) is 6.41 Å². The van der Waals surface area contributed by atoms with E-state index in [9.17, 15) is 4.79 Å². The normalized spacial score (nSPS) is 9.81. The third kappa shape index (κ3) is 2.11. The van der Waals surface area contributed by atoms with Crippen LogP contribution in [-0.2, 0) is 4.79 Å². The van der Waals surface area contributed by atoms with Gasteiger partial charge in [0.2, 0.25) is 6.41 Å². The number of nitrogens with zero attached hydrogens (tertiary/aromatic N) is 1. The van der Waals surface area contributed by atoms with Gasteiger partial charge in [0, 0.05) is 11.4 Å². The van der Waals surface area contributed by atoms with Crippen LogP contribution in [0.5, 0.6) is 0 Å². The molecule has 0 atom stereocenters. The average molecular weight is 211 g/mol. The van der Waals surface area contributed by atoms with Crippen molar-refractivity contribution < 1.29 is 4.79 Å². The van der Waals surface area contributed by atoms with Gasteiger partial charge in [-0.05, 0) is 36.8 Å². The molecule has 0 N–H and O–H groups in total. The van der Waals surface area contributed by atoms with E-state index in [1.165, 1.54) is 0 Å². The van der Waals surface area contributed by atoms with Gasteiger partial charge in [-0.15, -0.1) is 0 Å². The first kappa shape index (κ1) is 10.4. The van der Waals surface area contributed by atoms with Crippen molar-refractivity contribution in [2.45, 2.75) is 6.92 Å². The van der Waals surface area contributed by atoms with E-state index < -0.39 is 0 Å². The third-order valence-corrected chi connectivity index (χ3v) is 2.42. The molecular weight excluding hydrogens is 198 g/mol. The van der Waals surface area contributed by atoms with Crippen LogP contribution in [0, 0.1) is 6.92 Å². The third-order valence-electron chi connectivity index (χ3n) is 2.42. The number of anilines is 2. The molecule has 0 radical (unpaired) electrons. The standard InChI is InChI=1S/C14H13NO/c1-12-6-5-9-14(10-12)15(11-16)13-7-3-2-4-8-13/h2-11H,1H3. The van der Waals surface area contributed by atoms with E-state index in [1.807, 2.05) is 61.5 Å². The Labute approximate surface area is 95.1 Å². The summed E-state index contributed by atoms with van der Waals surface area (Å²) < 4.78 is 0. The molecule has 0 aliphatic rings. The van der Waals surface area contributed by atoms with Crippen LogP contribution in [0.25, 0.3) is 0 Å². The van der Waals surface area contributed by atoms with Gasteiger partial charge in [0.15, 0.2) is 0 Å². The summed E-state index contributed by atoms with van der Waals surface area (Å²) in [5.41, 5.74) is 2.91. The minimum Gasteiger partial charge on any atom is -0.284 e. The summed E-state index contributed by atoms with van der Waals surface area (Å²) in [7, 11) is 0. The molecule has 0 aromatic heterocycles. The summed E-state index contributed by atoms with van der Waals surface area (Å²) in [6, 6.07) is 17.5. The number of rotatable bonds is 3. The molecule has 2 aromatic carbocycles. The molecule has 2 aromatic rings. The predicted molar refractivity (Wildman–Crippen MR) is 65.8 cm³/mol. The average Bonchev–Trinajstić information content (AvgIpc) is 2.31. The lowest BCUT2D eigenvalue weighted by Crippen LogP contribution is -2.13. The van der Waals surface area contributed by atoms with Gasteiger partial charge >= 0.3 is 0 Å². The Morgan fingerprint density at radius 3 is 2.25 bits per heavy atom. The molecule has 0 spiro atoms. The van der Waals surface area contributed by atoms with E-state index >= 15 is 0 Å². The largest absolute Gasteiger partial charge is 0.284 e. The zero-order valence-electron chi connectivity index (χ0n) is 9.13. The van der Waals surface area contributed by atoms with Crippen molar-refractivity contribution in [2.24, 2.45) is 0 Å². The van der Waals surface area contributed by atoms with E-state index in [0.717, 1.165) is 23.3 Å². The number of hydrogen-bond donors (Lipinski definition) is 0. The molecule has 80 valence electrons. The molecule has 1 amide bonds. The minimum atomic E-state index is 0.837. The first-order valence-corrected chi connectivity index (χ1v) is 5.17. The Morgan fingerprint density at radius 2 is 1.62 bits per heavy atom. The SMILES string of the molecule is Cc1cccc(N(C=O)c2ccccc2)c1. The molecule has 0 aliphatic heterocycles. The molecule has 0 bridgehead atoms. The Balaban J connectivity index is 2.41. The zero-order valence-corrected chi connectivity index (χ0v) is 9.13. The van der Waals surface area contributed by atoms with Gasteiger partial charge in [0.1, 0.15) is 0 Å². The lowest BCUT2D eigenvalue weighted by Gasteiger charge is -2.17. The van der Waals surface area contributed by atoms with Crippen LogP contribution < -0.4 is 4.90 Å². The molecule has 0 aliphatic carbocycles. The number of carbonyl (C=O) groups is 1. The number of amides is 1. The quantitative estimate of drug-likeness (QED) is 0.713. The van der Waals surface area contributed by atoms with E-state index in [1.54, 1.807) is 4.90 Å². The van der Waals surface area contributed by atoms with Gasteiger partial charge in [-0.25, -0.2) is 0 Å². The first-order chi connectivity index (χ1) is 7.81. The summed E-state index contributed by atoms with van der Waals surface area (Å²) in [5.74, 6) is 0. The fourth-order valence-electron chi connectivity index (χ4n) is 1.64. The maximum Gasteiger partial charge on any atom is 0.218 e. The number of para-hydroxylation sites is 1. The molecule has 0 unspecified atom stereocenters. The Bertz CT molecular complexity index is 479. The fourth-order valence-corrected chi connectivity index (χ4v) is 1.64. The van der Waals surface area contributed by atoms with Gasteiger partial charge in [-0.3, -0.25) is 9.69 Å². The number of benzene rings is 2. The second kappa shape index (κ2) is 4.62. The predicted octanol–water partition coefficient (Wildman–Crippen LogP) is 3.29. The molecule has 0 saturated carbocycles. The van der Waals surface area contributed by atoms with E-state index in [4.69, 9.17) is 0 Å². The van der Waals surface area contributed by atoms with Crippen molar-refractivity contribution in [1.29, 1.82) is 0 Å². The van der Waals surface area contributed by atoms with Gasteiger partial charge in [0.05, 0.1) is 0 Å². The molecule has 16 heavy (non-hydrogen) atoms. The van der Waals surface area contributed by atoms with Crippen LogP contribution in [0.3, 0.4) is 0 Å². The zero-order chi connectivity index (χ0) is 11.4. The van der Waals surface area contributed by atoms with Crippen molar-refractivity contribution in [1.82, 2.24) is 0 Å². The van der Waals surface area contributed by atoms with Crippen LogP contribution in [0.2, 0.25) is 0 Å². The minimum absolute atomic E-state index is 0.837. The summed E-state index contributed by atoms with van der Waals surface area (Å²) in [4.78, 5) is 12.8. The van der Waals surface area contributed by atoms with E-state index in [-0.39, 0.29) is 0 Å². The monoisotopic (exact) mass is 211 g/mol. The van der Waals surface area contributed by atoms with E-state index in [0.29, 0.717) is 0 Å². The lowest BCUT2D eigenvalue weighted by molar-refractivity contribution is -0.106. The maximum atomic E-state index is 11.1. The molecular formula is C14H13NO. The van der Waals surface area contributed by atoms with Crippen molar-refractivity contribution in [3.63, 3.8) is 0 Å². The molecule has 2 nitrogen and oxygen atoms in total. The molecule has 0 fully saturated rings. The lowest BCUT2D eigenvalue weighted by atomic mass is 10.2. The molecule has 0 saturated heterocycles. The Morgan fingerprint density at radius 1 is 0.938 bits per heavy atom. The summed E-state index contributed by atoms with van der Waals surface area (Å²) >= 11 is 0. The fraction of sp³-hybridized carbons (Fsp3) is 0.0714. The topological polar surface area (TPSA) is 20.3 Å². The smallest absolute Gasteiger partial charge is 0.218 e. The second-order valence-corrected chi connectivity index (χ2v) is 3.65. The number of hydrogen-bond acceptors (Lipinski definition) is 1. The first-order valence-electron chi connectivity index (χ1n) is 5.17. The number of aryl methyl sites for hydroxylation is 1. The van der Waals surface area contributed by atoms with Crippen molar-refractivity contribution in [3.8, 4) is 0 Å². The summed E-state index contributed by atoms with van der Waals surface area (Å²) in [6.07, 6.45) is 0.837. The number of carbonyl (C=O) groups excluding carboxylic acids is 1. The van der Waals surface area contributed by atoms with Crippen LogP contribution in [0.15, 0.2) is 54.6 Å². The van der Waals surface area contributed by atoms with Crippen molar-refractivity contribution in [2.75, 3.05) is 4.90 Å². The van der Waals surface area contributed by atoms with Gasteiger partial charge < -0.3 is 0 Å². The Hall–Kier alpha value is -2.09. The second-order valence-electron chi connectivity index (χ2n) is 3.65. The van der Waals surface area contributed by atoms with Gasteiger partial charge in [-0.2, -0.15) is 0 Å². The Kier molecular flexibility index (Phi) is 3.01. The highest BCUT2D eigenvalue weighted by Gasteiger charge is 2.06. The summed E-state index contributed by atoms with van der Waals surface area (Å²) in [5, 5.41) is 0. The van der Waals surface area contributed by atoms with Crippen molar-refractivity contribution in [3.05, 3.63) is 60.2 Å². The van der Waals surface area contributed by atoms with Gasteiger partial charge in [-0.1, -0.05) is 30.3 Å². The van der Waals surface area contributed by atoms with Gasteiger partial charge in [0.25, 0.3) is 0 Å². The maximum absolute atomic E-state index is 11.1. The highest BCUT2D eigenvalue weighted by Crippen LogP contribution is 2.23. The van der Waals surface area contributed by atoms with Crippen LogP contribution in [0.1, 0.15) is 5.56 Å². The van der Waals surface area contributed by atoms with Crippen LogP contribution >= 0.6 is 0 Å². The van der Waals surface area contributed by atoms with E-state index in [2.05, 4.69) is 0 Å². The van der Waals surface area contributed by atoms with Crippen LogP contribution in [0.4, 0.5) is 11.4 Å². The molecule has 2 rings (SSSR count). The molecule has 2 heteroatoms. The van der Waals surface area contributed by atoms with Crippen molar-refractivity contribution >= 4 is 17.8 Å². The molecule has 0 heterocycles. The highest BCUT2D eigenvalue weighted by molar-refractivity contribution is 5.86.